The Kier molecular flexibility index (Phi) is 5.14. The summed E-state index contributed by atoms with van der Waals surface area (Å²) in [6.07, 6.45) is 1.63. The molecule has 2 heterocycles. The van der Waals surface area contributed by atoms with Crippen molar-refractivity contribution in [2.75, 3.05) is 5.32 Å². The van der Waals surface area contributed by atoms with Crippen LogP contribution in [0.1, 0.15) is 12.2 Å². The molecule has 7 nitrogen and oxygen atoms in total. The van der Waals surface area contributed by atoms with Crippen molar-refractivity contribution in [1.29, 1.82) is 0 Å². The number of para-hydroxylation sites is 2. The first-order valence-corrected chi connectivity index (χ1v) is 9.47. The van der Waals surface area contributed by atoms with Gasteiger partial charge in [0, 0.05) is 13.0 Å². The summed E-state index contributed by atoms with van der Waals surface area (Å²) >= 11 is 6.06. The number of fused-ring (bicyclic) bond motifs is 1. The number of halogens is 1. The summed E-state index contributed by atoms with van der Waals surface area (Å²) < 4.78 is 3.13. The monoisotopic (exact) mass is 407 g/mol. The Bertz CT molecular complexity index is 1250. The summed E-state index contributed by atoms with van der Waals surface area (Å²) in [6.45, 7) is 1.95. The van der Waals surface area contributed by atoms with Gasteiger partial charge in [0.25, 0.3) is 5.56 Å². The lowest BCUT2D eigenvalue weighted by molar-refractivity contribution is -0.116. The summed E-state index contributed by atoms with van der Waals surface area (Å²) in [5.74, 6) is 0.287. The van der Waals surface area contributed by atoms with Crippen molar-refractivity contribution in [1.82, 2.24) is 19.3 Å². The molecule has 29 heavy (non-hydrogen) atoms. The second-order valence-corrected chi connectivity index (χ2v) is 6.93. The van der Waals surface area contributed by atoms with Gasteiger partial charge in [0.1, 0.15) is 11.2 Å². The number of aryl methyl sites for hydroxylation is 1. The molecule has 0 saturated heterocycles. The maximum Gasteiger partial charge on any atom is 0.264 e. The standard InChI is InChI=1S/C21H18ClN5O2/c1-14-24-20-16(13-23-27(20)15-7-3-2-4-8-15)21(29)26(14)12-11-19(28)25-18-10-6-5-9-17(18)22/h2-10,13H,11-12H2,1H3,(H,25,28). The predicted molar refractivity (Wildman–Crippen MR) is 113 cm³/mol. The van der Waals surface area contributed by atoms with Crippen LogP contribution in [-0.4, -0.2) is 25.2 Å². The second kappa shape index (κ2) is 7.89. The number of aromatic nitrogens is 4. The van der Waals surface area contributed by atoms with Crippen molar-refractivity contribution in [3.63, 3.8) is 0 Å². The SMILES string of the molecule is Cc1nc2c(cnn2-c2ccccc2)c(=O)n1CCC(=O)Nc1ccccc1Cl. The summed E-state index contributed by atoms with van der Waals surface area (Å²) in [4.78, 5) is 29.8. The van der Waals surface area contributed by atoms with Crippen LogP contribution in [0.2, 0.25) is 5.02 Å². The van der Waals surface area contributed by atoms with E-state index in [2.05, 4.69) is 15.4 Å². The van der Waals surface area contributed by atoms with Gasteiger partial charge in [0.15, 0.2) is 5.65 Å². The summed E-state index contributed by atoms with van der Waals surface area (Å²) in [5.41, 5.74) is 1.64. The van der Waals surface area contributed by atoms with Crippen LogP contribution in [0.15, 0.2) is 65.6 Å². The highest BCUT2D eigenvalue weighted by Gasteiger charge is 2.15. The Balaban J connectivity index is 1.58. The topological polar surface area (TPSA) is 81.8 Å². The third kappa shape index (κ3) is 3.77. The average molecular weight is 408 g/mol. The van der Waals surface area contributed by atoms with Crippen molar-refractivity contribution in [2.24, 2.45) is 0 Å². The van der Waals surface area contributed by atoms with Gasteiger partial charge in [0.2, 0.25) is 5.91 Å². The highest BCUT2D eigenvalue weighted by atomic mass is 35.5. The first kappa shape index (κ1) is 18.9. The minimum absolute atomic E-state index is 0.117. The fourth-order valence-electron chi connectivity index (χ4n) is 3.12. The Labute approximate surface area is 171 Å². The van der Waals surface area contributed by atoms with E-state index in [1.165, 1.54) is 10.8 Å². The van der Waals surface area contributed by atoms with Crippen LogP contribution in [0.5, 0.6) is 0 Å². The molecular weight excluding hydrogens is 390 g/mol. The van der Waals surface area contributed by atoms with Gasteiger partial charge in [-0.05, 0) is 31.2 Å². The molecule has 8 heteroatoms. The van der Waals surface area contributed by atoms with Crippen LogP contribution in [0.25, 0.3) is 16.7 Å². The fraction of sp³-hybridized carbons (Fsp3) is 0.143. The number of nitrogens with one attached hydrogen (secondary N) is 1. The van der Waals surface area contributed by atoms with E-state index in [0.717, 1.165) is 5.69 Å². The van der Waals surface area contributed by atoms with E-state index < -0.39 is 0 Å². The largest absolute Gasteiger partial charge is 0.325 e. The maximum absolute atomic E-state index is 12.9. The van der Waals surface area contributed by atoms with E-state index in [0.29, 0.717) is 27.6 Å². The molecule has 2 aromatic carbocycles. The third-order valence-corrected chi connectivity index (χ3v) is 4.92. The van der Waals surface area contributed by atoms with E-state index in [9.17, 15) is 9.59 Å². The molecule has 0 atom stereocenters. The molecule has 0 aliphatic carbocycles. The number of rotatable bonds is 5. The Morgan fingerprint density at radius 2 is 1.83 bits per heavy atom. The van der Waals surface area contributed by atoms with Crippen LogP contribution in [-0.2, 0) is 11.3 Å². The van der Waals surface area contributed by atoms with Gasteiger partial charge >= 0.3 is 0 Å². The van der Waals surface area contributed by atoms with Crippen LogP contribution in [0.4, 0.5) is 5.69 Å². The summed E-state index contributed by atoms with van der Waals surface area (Å²) in [7, 11) is 0. The molecule has 0 unspecified atom stereocenters. The van der Waals surface area contributed by atoms with Crippen molar-refractivity contribution in [2.45, 2.75) is 19.9 Å². The van der Waals surface area contributed by atoms with Gasteiger partial charge in [-0.3, -0.25) is 14.2 Å². The summed E-state index contributed by atoms with van der Waals surface area (Å²) in [6, 6.07) is 16.5. The van der Waals surface area contributed by atoms with Crippen LogP contribution in [0, 0.1) is 6.92 Å². The first-order chi connectivity index (χ1) is 14.0. The lowest BCUT2D eigenvalue weighted by Gasteiger charge is -2.11. The Morgan fingerprint density at radius 1 is 1.10 bits per heavy atom. The van der Waals surface area contributed by atoms with Gasteiger partial charge in [-0.1, -0.05) is 41.9 Å². The third-order valence-electron chi connectivity index (χ3n) is 4.59. The van der Waals surface area contributed by atoms with Crippen molar-refractivity contribution in [3.05, 3.63) is 82.0 Å². The molecule has 0 bridgehead atoms. The highest BCUT2D eigenvalue weighted by Crippen LogP contribution is 2.20. The molecule has 4 aromatic rings. The molecule has 2 aromatic heterocycles. The number of nitrogens with zero attached hydrogens (tertiary/aromatic N) is 4. The number of amides is 1. The fourth-order valence-corrected chi connectivity index (χ4v) is 3.30. The molecule has 0 aliphatic heterocycles. The molecule has 1 amide bonds. The Hall–Kier alpha value is -3.45. The molecule has 0 radical (unpaired) electrons. The second-order valence-electron chi connectivity index (χ2n) is 6.52. The quantitative estimate of drug-likeness (QED) is 0.548. The van der Waals surface area contributed by atoms with Crippen molar-refractivity contribution < 1.29 is 4.79 Å². The maximum atomic E-state index is 12.9. The average Bonchev–Trinajstić information content (AvgIpc) is 3.14. The van der Waals surface area contributed by atoms with Gasteiger partial charge < -0.3 is 5.32 Å². The lowest BCUT2D eigenvalue weighted by Crippen LogP contribution is -2.26. The number of anilines is 1. The van der Waals surface area contributed by atoms with E-state index in [4.69, 9.17) is 11.6 Å². The number of benzene rings is 2. The van der Waals surface area contributed by atoms with Crippen LogP contribution < -0.4 is 10.9 Å². The van der Waals surface area contributed by atoms with Gasteiger partial charge in [0.05, 0.1) is 22.6 Å². The molecule has 146 valence electrons. The number of carbonyl (C=O) groups is 1. The lowest BCUT2D eigenvalue weighted by atomic mass is 10.3. The smallest absolute Gasteiger partial charge is 0.264 e. The van der Waals surface area contributed by atoms with E-state index >= 15 is 0 Å². The zero-order chi connectivity index (χ0) is 20.4. The van der Waals surface area contributed by atoms with Gasteiger partial charge in [-0.25, -0.2) is 9.67 Å². The van der Waals surface area contributed by atoms with E-state index in [1.54, 1.807) is 35.9 Å². The number of hydrogen-bond acceptors (Lipinski definition) is 4. The molecule has 0 spiro atoms. The van der Waals surface area contributed by atoms with Crippen LogP contribution >= 0.6 is 11.6 Å². The zero-order valence-electron chi connectivity index (χ0n) is 15.7. The molecule has 0 saturated carbocycles. The number of carbonyl (C=O) groups excluding carboxylic acids is 1. The van der Waals surface area contributed by atoms with Gasteiger partial charge in [-0.15, -0.1) is 0 Å². The molecule has 0 fully saturated rings. The van der Waals surface area contributed by atoms with E-state index in [1.807, 2.05) is 30.3 Å². The predicted octanol–water partition coefficient (Wildman–Crippen LogP) is 3.57. The van der Waals surface area contributed by atoms with Crippen molar-refractivity contribution in [3.8, 4) is 5.69 Å². The van der Waals surface area contributed by atoms with Crippen molar-refractivity contribution >= 4 is 34.2 Å². The highest BCUT2D eigenvalue weighted by molar-refractivity contribution is 6.33. The Morgan fingerprint density at radius 3 is 2.59 bits per heavy atom. The first-order valence-electron chi connectivity index (χ1n) is 9.09. The van der Waals surface area contributed by atoms with Crippen LogP contribution in [0.3, 0.4) is 0 Å². The van der Waals surface area contributed by atoms with E-state index in [-0.39, 0.29) is 24.4 Å². The van der Waals surface area contributed by atoms with Gasteiger partial charge in [-0.2, -0.15) is 5.10 Å². The molecule has 1 N–H and O–H groups in total. The molecule has 4 rings (SSSR count). The zero-order valence-corrected chi connectivity index (χ0v) is 16.4. The molecular formula is C21H18ClN5O2. The summed E-state index contributed by atoms with van der Waals surface area (Å²) in [5, 5.41) is 7.95. The normalized spacial score (nSPS) is 11.0. The molecule has 0 aliphatic rings. The minimum Gasteiger partial charge on any atom is -0.325 e. The minimum atomic E-state index is -0.232. The number of hydrogen-bond donors (Lipinski definition) is 1.